The monoisotopic (exact) mass is 328 g/mol. The number of hydrogen-bond donors (Lipinski definition) is 0. The van der Waals surface area contributed by atoms with Crippen LogP contribution in [0.5, 0.6) is 11.5 Å². The molecule has 0 amide bonds. The predicted octanol–water partition coefficient (Wildman–Crippen LogP) is 3.81. The Morgan fingerprint density at radius 3 is 2.61 bits per heavy atom. The highest BCUT2D eigenvalue weighted by molar-refractivity contribution is 7.13. The van der Waals surface area contributed by atoms with Gasteiger partial charge in [0.1, 0.15) is 11.5 Å². The molecule has 0 atom stereocenters. The second kappa shape index (κ2) is 6.98. The van der Waals surface area contributed by atoms with Gasteiger partial charge in [-0.25, -0.2) is 0 Å². The average Bonchev–Trinajstić information content (AvgIpc) is 2.84. The maximum atomic E-state index is 12.4. The lowest BCUT2D eigenvalue weighted by Crippen LogP contribution is -2.18. The van der Waals surface area contributed by atoms with Crippen LogP contribution in [0.3, 0.4) is 0 Å². The summed E-state index contributed by atoms with van der Waals surface area (Å²) in [6.07, 6.45) is 0.965. The van der Waals surface area contributed by atoms with E-state index in [-0.39, 0.29) is 5.56 Å². The van der Waals surface area contributed by atoms with Crippen LogP contribution in [0.25, 0.3) is 10.1 Å². The molecule has 23 heavy (non-hydrogen) atoms. The summed E-state index contributed by atoms with van der Waals surface area (Å²) in [5, 5.41) is 0.764. The Bertz CT molecular complexity index is 837. The van der Waals surface area contributed by atoms with Gasteiger partial charge in [-0.1, -0.05) is 29.7 Å². The van der Waals surface area contributed by atoms with Gasteiger partial charge in [0.2, 0.25) is 0 Å². The van der Waals surface area contributed by atoms with Crippen molar-refractivity contribution in [2.45, 2.75) is 13.0 Å². The minimum Gasteiger partial charge on any atom is -0.457 e. The van der Waals surface area contributed by atoms with Crippen LogP contribution in [0.4, 0.5) is 0 Å². The molecule has 0 aliphatic heterocycles. The number of nitrogens with zero attached hydrogens (tertiary/aromatic N) is 2. The third kappa shape index (κ3) is 3.81. The highest BCUT2D eigenvalue weighted by Crippen LogP contribution is 2.26. The minimum absolute atomic E-state index is 0.0926. The van der Waals surface area contributed by atoms with Crippen LogP contribution in [-0.2, 0) is 6.54 Å². The molecule has 0 saturated heterocycles. The van der Waals surface area contributed by atoms with Crippen LogP contribution in [0.1, 0.15) is 6.42 Å². The van der Waals surface area contributed by atoms with E-state index in [1.807, 2.05) is 66.6 Å². The summed E-state index contributed by atoms with van der Waals surface area (Å²) in [6, 6.07) is 15.3. The number of benzene rings is 2. The summed E-state index contributed by atoms with van der Waals surface area (Å²) in [6.45, 7) is 1.73. The normalized spacial score (nSPS) is 11.3. The lowest BCUT2D eigenvalue weighted by Gasteiger charge is -2.08. The zero-order chi connectivity index (χ0) is 16.2. The fourth-order valence-electron chi connectivity index (χ4n) is 2.42. The second-order valence-corrected chi connectivity index (χ2v) is 6.79. The van der Waals surface area contributed by atoms with E-state index in [2.05, 4.69) is 4.90 Å². The van der Waals surface area contributed by atoms with Crippen molar-refractivity contribution in [1.82, 2.24) is 8.86 Å². The van der Waals surface area contributed by atoms with E-state index in [4.69, 9.17) is 4.74 Å². The maximum absolute atomic E-state index is 12.4. The number of fused-ring (bicyclic) bond motifs is 1. The Balaban J connectivity index is 1.81. The van der Waals surface area contributed by atoms with Crippen LogP contribution in [-0.4, -0.2) is 29.5 Å². The highest BCUT2D eigenvalue weighted by Gasteiger charge is 2.09. The zero-order valence-corrected chi connectivity index (χ0v) is 14.2. The van der Waals surface area contributed by atoms with E-state index in [1.54, 1.807) is 0 Å². The van der Waals surface area contributed by atoms with Gasteiger partial charge in [-0.3, -0.25) is 8.75 Å². The lowest BCUT2D eigenvalue weighted by molar-refractivity contribution is 0.389. The molecule has 4 nitrogen and oxygen atoms in total. The molecule has 0 N–H and O–H groups in total. The topological polar surface area (TPSA) is 34.5 Å². The van der Waals surface area contributed by atoms with Gasteiger partial charge in [-0.2, -0.15) is 0 Å². The summed E-state index contributed by atoms with van der Waals surface area (Å²) in [7, 11) is 4.09. The molecule has 0 bridgehead atoms. The first-order valence-corrected chi connectivity index (χ1v) is 8.42. The third-order valence-electron chi connectivity index (χ3n) is 3.56. The zero-order valence-electron chi connectivity index (χ0n) is 13.4. The summed E-state index contributed by atoms with van der Waals surface area (Å²) < 4.78 is 8.64. The van der Waals surface area contributed by atoms with Crippen molar-refractivity contribution >= 4 is 21.6 Å². The van der Waals surface area contributed by atoms with Gasteiger partial charge in [-0.15, -0.1) is 0 Å². The van der Waals surface area contributed by atoms with Crippen LogP contribution >= 0.6 is 11.5 Å². The molecule has 0 aliphatic carbocycles. The average molecular weight is 328 g/mol. The van der Waals surface area contributed by atoms with Crippen molar-refractivity contribution in [2.24, 2.45) is 0 Å². The van der Waals surface area contributed by atoms with Crippen molar-refractivity contribution in [3.8, 4) is 11.5 Å². The van der Waals surface area contributed by atoms with Crippen LogP contribution < -0.4 is 10.3 Å². The van der Waals surface area contributed by atoms with Gasteiger partial charge >= 0.3 is 0 Å². The molecule has 0 saturated carbocycles. The number of aromatic nitrogens is 1. The summed E-state index contributed by atoms with van der Waals surface area (Å²) in [5.41, 5.74) is 0.0926. The number of hydrogen-bond acceptors (Lipinski definition) is 4. The van der Waals surface area contributed by atoms with Gasteiger partial charge in [0.25, 0.3) is 5.56 Å². The van der Waals surface area contributed by atoms with E-state index in [9.17, 15) is 4.79 Å². The van der Waals surface area contributed by atoms with E-state index in [0.29, 0.717) is 0 Å². The molecule has 0 spiro atoms. The highest BCUT2D eigenvalue weighted by atomic mass is 32.1. The number of para-hydroxylation sites is 1. The van der Waals surface area contributed by atoms with Crippen LogP contribution in [0.15, 0.2) is 53.3 Å². The number of aryl methyl sites for hydroxylation is 1. The molecule has 0 fully saturated rings. The fourth-order valence-corrected chi connectivity index (χ4v) is 3.48. The van der Waals surface area contributed by atoms with E-state index < -0.39 is 0 Å². The summed E-state index contributed by atoms with van der Waals surface area (Å²) in [5.74, 6) is 1.55. The third-order valence-corrected chi connectivity index (χ3v) is 4.67. The molecule has 0 unspecified atom stereocenters. The molecule has 0 radical (unpaired) electrons. The molecule has 3 aromatic rings. The molecule has 1 heterocycles. The van der Waals surface area contributed by atoms with Gasteiger partial charge in [0, 0.05) is 12.6 Å². The van der Waals surface area contributed by atoms with Crippen molar-refractivity contribution in [3.63, 3.8) is 0 Å². The Morgan fingerprint density at radius 2 is 1.87 bits per heavy atom. The largest absolute Gasteiger partial charge is 0.457 e. The fraction of sp³-hybridized carbons (Fsp3) is 0.278. The van der Waals surface area contributed by atoms with Gasteiger partial charge in [-0.05, 0) is 51.3 Å². The van der Waals surface area contributed by atoms with E-state index in [0.717, 1.165) is 41.1 Å². The van der Waals surface area contributed by atoms with Gasteiger partial charge in [0.15, 0.2) is 0 Å². The van der Waals surface area contributed by atoms with E-state index >= 15 is 0 Å². The number of ether oxygens (including phenoxy) is 1. The maximum Gasteiger partial charge on any atom is 0.268 e. The van der Waals surface area contributed by atoms with Crippen molar-refractivity contribution in [3.05, 3.63) is 58.9 Å². The Labute approximate surface area is 139 Å². The standard InChI is InChI=1S/C18H20N2O2S/c1-19(2)11-6-12-20-18(21)16-10-9-15(13-17(16)23-20)22-14-7-4-3-5-8-14/h3-5,7-10,13H,6,11-12H2,1-2H3. The first-order chi connectivity index (χ1) is 11.1. The van der Waals surface area contributed by atoms with Crippen LogP contribution in [0, 0.1) is 0 Å². The molecule has 2 aromatic carbocycles. The van der Waals surface area contributed by atoms with Gasteiger partial charge in [0.05, 0.1) is 10.1 Å². The lowest BCUT2D eigenvalue weighted by atomic mass is 10.2. The molecular formula is C18H20N2O2S. The smallest absolute Gasteiger partial charge is 0.268 e. The minimum atomic E-state index is 0.0926. The molecular weight excluding hydrogens is 308 g/mol. The van der Waals surface area contributed by atoms with E-state index in [1.165, 1.54) is 11.5 Å². The predicted molar refractivity (Wildman–Crippen MR) is 95.8 cm³/mol. The molecule has 5 heteroatoms. The molecule has 3 rings (SSSR count). The number of rotatable bonds is 6. The van der Waals surface area contributed by atoms with Gasteiger partial charge < -0.3 is 9.64 Å². The molecule has 0 aliphatic rings. The Morgan fingerprint density at radius 1 is 1.09 bits per heavy atom. The van der Waals surface area contributed by atoms with Crippen molar-refractivity contribution in [2.75, 3.05) is 20.6 Å². The summed E-state index contributed by atoms with van der Waals surface area (Å²) >= 11 is 1.51. The quantitative estimate of drug-likeness (QED) is 0.690. The van der Waals surface area contributed by atoms with Crippen molar-refractivity contribution in [1.29, 1.82) is 0 Å². The Hall–Kier alpha value is -2.11. The molecule has 1 aromatic heterocycles. The first-order valence-electron chi connectivity index (χ1n) is 7.65. The first kappa shape index (κ1) is 15.8. The van der Waals surface area contributed by atoms with Crippen molar-refractivity contribution < 1.29 is 4.74 Å². The molecule has 120 valence electrons. The second-order valence-electron chi connectivity index (χ2n) is 5.73. The Kier molecular flexibility index (Phi) is 4.79. The SMILES string of the molecule is CN(C)CCCn1sc2cc(Oc3ccccc3)ccc2c1=O. The summed E-state index contributed by atoms with van der Waals surface area (Å²) in [4.78, 5) is 14.5. The van der Waals surface area contributed by atoms with Crippen LogP contribution in [0.2, 0.25) is 0 Å².